The molecule has 0 saturated carbocycles. The van der Waals surface area contributed by atoms with Gasteiger partial charge in [0.05, 0.1) is 6.61 Å². The van der Waals surface area contributed by atoms with Crippen molar-refractivity contribution < 1.29 is 24.2 Å². The maximum atomic E-state index is 13.6. The van der Waals surface area contributed by atoms with E-state index in [1.807, 2.05) is 51.1 Å². The van der Waals surface area contributed by atoms with Crippen molar-refractivity contribution in [3.8, 4) is 0 Å². The van der Waals surface area contributed by atoms with Crippen LogP contribution in [-0.4, -0.2) is 53.2 Å². The lowest BCUT2D eigenvalue weighted by molar-refractivity contribution is -0.138. The molecule has 0 heterocycles. The first-order chi connectivity index (χ1) is 15.9. The minimum absolute atomic E-state index is 0.0897. The quantitative estimate of drug-likeness (QED) is 0.547. The van der Waals surface area contributed by atoms with Gasteiger partial charge in [0, 0.05) is 12.2 Å². The molecule has 0 aromatic heterocycles. The monoisotopic (exact) mass is 469 g/mol. The number of aliphatic hydroxyl groups is 1. The van der Waals surface area contributed by atoms with Crippen molar-refractivity contribution in [3.05, 3.63) is 64.7 Å². The zero-order valence-corrected chi connectivity index (χ0v) is 20.8. The standard InChI is InChI=1S/C26H35N3O5/c1-17-10-12-20(13-11-17)23(24(32)28-22-18(2)8-7-9-19(22)3)29(14-15-30)21(31)16-27-25(33)34-26(4,5)6/h7-13,23,30H,14-16H2,1-6H3,(H,27,33)(H,28,32). The van der Waals surface area contributed by atoms with E-state index in [0.29, 0.717) is 11.3 Å². The van der Waals surface area contributed by atoms with Crippen LogP contribution in [0.5, 0.6) is 0 Å². The lowest BCUT2D eigenvalue weighted by Gasteiger charge is -2.31. The van der Waals surface area contributed by atoms with Gasteiger partial charge in [-0.2, -0.15) is 0 Å². The number of rotatable bonds is 8. The van der Waals surface area contributed by atoms with Gasteiger partial charge < -0.3 is 25.4 Å². The number of benzene rings is 2. The number of carbonyl (C=O) groups excluding carboxylic acids is 3. The Hall–Kier alpha value is -3.39. The maximum Gasteiger partial charge on any atom is 0.408 e. The Morgan fingerprint density at radius 3 is 2.12 bits per heavy atom. The smallest absolute Gasteiger partial charge is 0.408 e. The molecule has 0 radical (unpaired) electrons. The van der Waals surface area contributed by atoms with E-state index in [1.54, 1.807) is 32.9 Å². The number of amides is 3. The van der Waals surface area contributed by atoms with Crippen LogP contribution in [0.3, 0.4) is 0 Å². The molecule has 8 nitrogen and oxygen atoms in total. The van der Waals surface area contributed by atoms with Gasteiger partial charge in [0.2, 0.25) is 5.91 Å². The fraction of sp³-hybridized carbons (Fsp3) is 0.423. The van der Waals surface area contributed by atoms with Crippen molar-refractivity contribution in [2.24, 2.45) is 0 Å². The van der Waals surface area contributed by atoms with E-state index >= 15 is 0 Å². The molecule has 0 bridgehead atoms. The van der Waals surface area contributed by atoms with Gasteiger partial charge in [0.25, 0.3) is 5.91 Å². The average Bonchev–Trinajstić information content (AvgIpc) is 2.74. The number of aliphatic hydroxyl groups excluding tert-OH is 1. The van der Waals surface area contributed by atoms with Crippen LogP contribution < -0.4 is 10.6 Å². The van der Waals surface area contributed by atoms with Crippen molar-refractivity contribution >= 4 is 23.6 Å². The minimum Gasteiger partial charge on any atom is -0.444 e. The Labute approximate surface area is 201 Å². The highest BCUT2D eigenvalue weighted by Gasteiger charge is 2.32. The Morgan fingerprint density at radius 2 is 1.59 bits per heavy atom. The van der Waals surface area contributed by atoms with Gasteiger partial charge >= 0.3 is 6.09 Å². The normalized spacial score (nSPS) is 12.0. The number of hydrogen-bond acceptors (Lipinski definition) is 5. The molecule has 184 valence electrons. The summed E-state index contributed by atoms with van der Waals surface area (Å²) < 4.78 is 5.19. The van der Waals surface area contributed by atoms with Crippen LogP contribution in [0.15, 0.2) is 42.5 Å². The van der Waals surface area contributed by atoms with Gasteiger partial charge in [-0.1, -0.05) is 48.0 Å². The molecule has 1 unspecified atom stereocenters. The lowest BCUT2D eigenvalue weighted by atomic mass is 10.0. The highest BCUT2D eigenvalue weighted by molar-refractivity contribution is 5.99. The molecule has 1 atom stereocenters. The Balaban J connectivity index is 2.35. The lowest BCUT2D eigenvalue weighted by Crippen LogP contribution is -2.47. The van der Waals surface area contributed by atoms with Crippen LogP contribution in [0.2, 0.25) is 0 Å². The van der Waals surface area contributed by atoms with E-state index in [9.17, 15) is 19.5 Å². The second kappa shape index (κ2) is 11.7. The topological polar surface area (TPSA) is 108 Å². The summed E-state index contributed by atoms with van der Waals surface area (Å²) in [5.74, 6) is -0.942. The van der Waals surface area contributed by atoms with E-state index in [4.69, 9.17) is 4.74 Å². The van der Waals surface area contributed by atoms with Gasteiger partial charge in [0.15, 0.2) is 0 Å². The SMILES string of the molecule is Cc1ccc(C(C(=O)Nc2c(C)cccc2C)N(CCO)C(=O)CNC(=O)OC(C)(C)C)cc1. The molecule has 34 heavy (non-hydrogen) atoms. The molecule has 3 amide bonds. The molecule has 8 heteroatoms. The van der Waals surface area contributed by atoms with Gasteiger partial charge in [-0.3, -0.25) is 9.59 Å². The predicted octanol–water partition coefficient (Wildman–Crippen LogP) is 3.64. The number of carbonyl (C=O) groups is 3. The van der Waals surface area contributed by atoms with Crippen molar-refractivity contribution in [1.29, 1.82) is 0 Å². The first-order valence-electron chi connectivity index (χ1n) is 11.2. The third kappa shape index (κ3) is 7.59. The summed E-state index contributed by atoms with van der Waals surface area (Å²) >= 11 is 0. The predicted molar refractivity (Wildman–Crippen MR) is 132 cm³/mol. The third-order valence-corrected chi connectivity index (χ3v) is 5.13. The van der Waals surface area contributed by atoms with E-state index < -0.39 is 29.6 Å². The van der Waals surface area contributed by atoms with E-state index in [1.165, 1.54) is 4.90 Å². The molecule has 0 saturated heterocycles. The zero-order chi connectivity index (χ0) is 25.5. The minimum atomic E-state index is -1.01. The van der Waals surface area contributed by atoms with Gasteiger partial charge in [0.1, 0.15) is 18.2 Å². The molecule has 0 aliphatic carbocycles. The van der Waals surface area contributed by atoms with Gasteiger partial charge in [-0.25, -0.2) is 4.79 Å². The van der Waals surface area contributed by atoms with E-state index in [0.717, 1.165) is 16.7 Å². The van der Waals surface area contributed by atoms with E-state index in [-0.39, 0.29) is 19.7 Å². The van der Waals surface area contributed by atoms with Crippen LogP contribution in [0.25, 0.3) is 0 Å². The summed E-state index contributed by atoms with van der Waals surface area (Å²) in [6.07, 6.45) is -0.739. The van der Waals surface area contributed by atoms with Crippen LogP contribution >= 0.6 is 0 Å². The van der Waals surface area contributed by atoms with Crippen LogP contribution in [0, 0.1) is 20.8 Å². The summed E-state index contributed by atoms with van der Waals surface area (Å²) in [4.78, 5) is 40.0. The summed E-state index contributed by atoms with van der Waals surface area (Å²) in [6, 6.07) is 12.0. The van der Waals surface area contributed by atoms with Gasteiger partial charge in [-0.05, 0) is 58.2 Å². The molecule has 0 fully saturated rings. The summed E-state index contributed by atoms with van der Waals surface area (Å²) in [5, 5.41) is 15.1. The fourth-order valence-corrected chi connectivity index (χ4v) is 3.49. The third-order valence-electron chi connectivity index (χ3n) is 5.13. The second-order valence-corrected chi connectivity index (χ2v) is 9.24. The summed E-state index contributed by atoms with van der Waals surface area (Å²) in [6.45, 7) is 10.1. The number of ether oxygens (including phenoxy) is 1. The van der Waals surface area contributed by atoms with Crippen molar-refractivity contribution in [2.45, 2.75) is 53.2 Å². The van der Waals surface area contributed by atoms with E-state index in [2.05, 4.69) is 10.6 Å². The molecular formula is C26H35N3O5. The Morgan fingerprint density at radius 1 is 1.00 bits per heavy atom. The van der Waals surface area contributed by atoms with Crippen molar-refractivity contribution in [2.75, 3.05) is 25.0 Å². The number of anilines is 1. The summed E-state index contributed by atoms with van der Waals surface area (Å²) in [5.41, 5.74) is 3.34. The van der Waals surface area contributed by atoms with Crippen molar-refractivity contribution in [1.82, 2.24) is 10.2 Å². The molecule has 2 aromatic carbocycles. The molecule has 2 aromatic rings. The number of hydrogen-bond donors (Lipinski definition) is 3. The largest absolute Gasteiger partial charge is 0.444 e. The molecule has 3 N–H and O–H groups in total. The molecule has 0 aliphatic heterocycles. The van der Waals surface area contributed by atoms with Crippen LogP contribution in [-0.2, 0) is 14.3 Å². The van der Waals surface area contributed by atoms with Crippen LogP contribution in [0.1, 0.15) is 49.1 Å². The second-order valence-electron chi connectivity index (χ2n) is 9.24. The Bertz CT molecular complexity index is 992. The van der Waals surface area contributed by atoms with Gasteiger partial charge in [-0.15, -0.1) is 0 Å². The molecular weight excluding hydrogens is 434 g/mol. The summed E-state index contributed by atoms with van der Waals surface area (Å²) in [7, 11) is 0. The number of alkyl carbamates (subject to hydrolysis) is 1. The number of nitrogens with one attached hydrogen (secondary N) is 2. The van der Waals surface area contributed by atoms with Crippen molar-refractivity contribution in [3.63, 3.8) is 0 Å². The Kier molecular flexibility index (Phi) is 9.20. The highest BCUT2D eigenvalue weighted by Crippen LogP contribution is 2.26. The number of aryl methyl sites for hydroxylation is 3. The molecule has 2 rings (SSSR count). The highest BCUT2D eigenvalue weighted by atomic mass is 16.6. The number of para-hydroxylation sites is 1. The molecule has 0 spiro atoms. The average molecular weight is 470 g/mol. The zero-order valence-electron chi connectivity index (χ0n) is 20.8. The molecule has 0 aliphatic rings. The maximum absolute atomic E-state index is 13.6. The van der Waals surface area contributed by atoms with Crippen LogP contribution in [0.4, 0.5) is 10.5 Å². The first-order valence-corrected chi connectivity index (χ1v) is 11.2. The fourth-order valence-electron chi connectivity index (χ4n) is 3.49. The first kappa shape index (κ1) is 26.9. The number of nitrogens with zero attached hydrogens (tertiary/aromatic N) is 1.